The molecule has 3 N–H and O–H groups in total. The number of likely N-dealkylation sites (tertiary alicyclic amines) is 1. The zero-order chi connectivity index (χ0) is 29.7. The van der Waals surface area contributed by atoms with Crippen molar-refractivity contribution in [1.82, 2.24) is 19.3 Å². The maximum absolute atomic E-state index is 11.0. The molecule has 2 aromatic heterocycles. The van der Waals surface area contributed by atoms with Gasteiger partial charge in [0, 0.05) is 48.0 Å². The molecule has 0 unspecified atom stereocenters. The van der Waals surface area contributed by atoms with Crippen LogP contribution in [0.3, 0.4) is 0 Å². The van der Waals surface area contributed by atoms with Crippen molar-refractivity contribution >= 4 is 28.6 Å². The Morgan fingerprint density at radius 3 is 2.37 bits per heavy atom. The van der Waals surface area contributed by atoms with Crippen LogP contribution >= 0.6 is 0 Å². The lowest BCUT2D eigenvalue weighted by Gasteiger charge is -2.20. The Bertz CT molecular complexity index is 1620. The second-order valence-corrected chi connectivity index (χ2v) is 11.4. The molecular formula is C34H40N6O. The summed E-state index contributed by atoms with van der Waals surface area (Å²) in [4.78, 5) is 21.8. The van der Waals surface area contributed by atoms with E-state index in [-0.39, 0.29) is 11.3 Å². The summed E-state index contributed by atoms with van der Waals surface area (Å²) < 4.78 is 1.97. The molecule has 0 radical (unpaired) electrons. The van der Waals surface area contributed by atoms with E-state index in [1.807, 2.05) is 17.5 Å². The number of fused-ring (bicyclic) bond motifs is 1. The van der Waals surface area contributed by atoms with Crippen LogP contribution in [0.1, 0.15) is 63.1 Å². The van der Waals surface area contributed by atoms with Gasteiger partial charge >= 0.3 is 0 Å². The van der Waals surface area contributed by atoms with Gasteiger partial charge in [-0.1, -0.05) is 57.5 Å². The number of nitrogens with one attached hydrogen (secondary N) is 1. The summed E-state index contributed by atoms with van der Waals surface area (Å²) >= 11 is 0. The number of benzene rings is 2. The van der Waals surface area contributed by atoms with E-state index in [4.69, 9.17) is 10.7 Å². The van der Waals surface area contributed by atoms with Crippen LogP contribution in [0.5, 0.6) is 0 Å². The number of rotatable bonds is 4. The normalized spacial score (nSPS) is 12.8. The number of nitrogen functional groups attached to an aromatic ring is 1. The number of carbonyl (C=O) groups excluding carboxylic acids is 1. The van der Waals surface area contributed by atoms with Crippen LogP contribution in [0.4, 0.5) is 11.5 Å². The number of nitrogens with zero attached hydrogens (tertiary/aromatic N) is 4. The quantitative estimate of drug-likeness (QED) is 0.280. The summed E-state index contributed by atoms with van der Waals surface area (Å²) in [5.74, 6) is 6.47. The van der Waals surface area contributed by atoms with Crippen LogP contribution < -0.4 is 11.1 Å². The van der Waals surface area contributed by atoms with Crippen molar-refractivity contribution in [3.63, 3.8) is 0 Å². The lowest BCUT2D eigenvalue weighted by molar-refractivity contribution is -0.124. The molecule has 1 amide bonds. The minimum Gasteiger partial charge on any atom is -0.382 e. The molecule has 4 aromatic rings. The molecule has 1 saturated heterocycles. The summed E-state index contributed by atoms with van der Waals surface area (Å²) in [7, 11) is 0. The highest BCUT2D eigenvalue weighted by molar-refractivity contribution is 5.93. The Morgan fingerprint density at radius 1 is 1.07 bits per heavy atom. The van der Waals surface area contributed by atoms with Crippen molar-refractivity contribution in [3.8, 4) is 23.1 Å². The third-order valence-corrected chi connectivity index (χ3v) is 7.26. The van der Waals surface area contributed by atoms with Crippen molar-refractivity contribution in [1.29, 1.82) is 0 Å². The highest BCUT2D eigenvalue weighted by Gasteiger charge is 2.17. The number of carbonyl (C=O) groups is 1. The number of hydrogen-bond donors (Lipinski definition) is 2. The van der Waals surface area contributed by atoms with Gasteiger partial charge < -0.3 is 16.0 Å². The number of hydrogen-bond acceptors (Lipinski definition) is 5. The standard InChI is InChI=1S/C26H29N5.C8H11NO/c1-16-15-19(23-24-25(27)28-13-14-31(24)18(3)30-23)7-12-22(16)17(2)29-21-10-8-20(9-11-21)26(4,5)6;1-2-5-8(10)9-6-3-4-7-9/h7-15,29H,2H2,1,3-6H3,(H2,27,28);3-4,6-7H2,1H3. The van der Waals surface area contributed by atoms with E-state index >= 15 is 0 Å². The van der Waals surface area contributed by atoms with Gasteiger partial charge in [0.05, 0.1) is 0 Å². The number of nitrogens with two attached hydrogens (primary N) is 1. The van der Waals surface area contributed by atoms with Gasteiger partial charge in [0.1, 0.15) is 22.9 Å². The van der Waals surface area contributed by atoms with E-state index in [1.54, 1.807) is 18.0 Å². The molecule has 0 aliphatic carbocycles. The Kier molecular flexibility index (Phi) is 8.83. The van der Waals surface area contributed by atoms with Crippen LogP contribution in [0, 0.1) is 25.7 Å². The van der Waals surface area contributed by atoms with Gasteiger partial charge in [0.25, 0.3) is 5.91 Å². The SMILES string of the molecule is C=C(Nc1ccc(C(C)(C)C)cc1)c1ccc(-c2nc(C)n3ccnc(N)c23)cc1C.CC#CC(=O)N1CCCC1. The van der Waals surface area contributed by atoms with Gasteiger partial charge in [-0.3, -0.25) is 9.20 Å². The van der Waals surface area contributed by atoms with Gasteiger partial charge in [-0.15, -0.1) is 0 Å². The van der Waals surface area contributed by atoms with E-state index in [1.165, 1.54) is 5.56 Å². The lowest BCUT2D eigenvalue weighted by Crippen LogP contribution is -2.25. The fraction of sp³-hybridized carbons (Fsp3) is 0.324. The Hall–Kier alpha value is -4.57. The van der Waals surface area contributed by atoms with Crippen LogP contribution in [0.15, 0.2) is 61.4 Å². The van der Waals surface area contributed by atoms with Crippen LogP contribution in [0.25, 0.3) is 22.5 Å². The minimum absolute atomic E-state index is 0.0139. The molecule has 0 bridgehead atoms. The molecular weight excluding hydrogens is 508 g/mol. The van der Waals surface area contributed by atoms with Crippen molar-refractivity contribution in [2.24, 2.45) is 0 Å². The number of anilines is 2. The number of amides is 1. The monoisotopic (exact) mass is 548 g/mol. The molecule has 1 fully saturated rings. The second kappa shape index (κ2) is 12.3. The first-order valence-electron chi connectivity index (χ1n) is 14.0. The molecule has 0 saturated carbocycles. The molecule has 3 heterocycles. The van der Waals surface area contributed by atoms with Crippen molar-refractivity contribution in [3.05, 3.63) is 84.0 Å². The molecule has 1 aliphatic rings. The molecule has 2 aromatic carbocycles. The molecule has 212 valence electrons. The average molecular weight is 549 g/mol. The summed E-state index contributed by atoms with van der Waals surface area (Å²) in [6.07, 6.45) is 5.85. The van der Waals surface area contributed by atoms with E-state index < -0.39 is 0 Å². The Labute approximate surface area is 243 Å². The van der Waals surface area contributed by atoms with Gasteiger partial charge in [-0.2, -0.15) is 0 Å². The lowest BCUT2D eigenvalue weighted by atomic mass is 9.87. The highest BCUT2D eigenvalue weighted by atomic mass is 16.2. The number of aromatic nitrogens is 3. The van der Waals surface area contributed by atoms with E-state index in [0.717, 1.165) is 71.0 Å². The molecule has 7 nitrogen and oxygen atoms in total. The molecule has 5 rings (SSSR count). The van der Waals surface area contributed by atoms with Crippen LogP contribution in [-0.2, 0) is 10.2 Å². The molecule has 41 heavy (non-hydrogen) atoms. The first-order valence-corrected chi connectivity index (χ1v) is 14.0. The zero-order valence-electron chi connectivity index (χ0n) is 25.0. The third kappa shape index (κ3) is 6.78. The zero-order valence-corrected chi connectivity index (χ0v) is 25.0. The predicted octanol–water partition coefficient (Wildman–Crippen LogP) is 6.61. The summed E-state index contributed by atoms with van der Waals surface area (Å²) in [6.45, 7) is 18.4. The molecule has 1 aliphatic heterocycles. The summed E-state index contributed by atoms with van der Waals surface area (Å²) in [5.41, 5.74) is 14.3. The maximum atomic E-state index is 11.0. The Balaban J connectivity index is 0.000000328. The van der Waals surface area contributed by atoms with Crippen molar-refractivity contribution in [2.75, 3.05) is 24.1 Å². The first-order chi connectivity index (χ1) is 19.5. The number of imidazole rings is 1. The summed E-state index contributed by atoms with van der Waals surface area (Å²) in [5, 5.41) is 3.44. The van der Waals surface area contributed by atoms with Crippen molar-refractivity contribution in [2.45, 2.75) is 59.8 Å². The van der Waals surface area contributed by atoms with Crippen LogP contribution in [0.2, 0.25) is 0 Å². The molecule has 0 atom stereocenters. The third-order valence-electron chi connectivity index (χ3n) is 7.26. The maximum Gasteiger partial charge on any atom is 0.298 e. The van der Waals surface area contributed by atoms with E-state index in [9.17, 15) is 4.79 Å². The topological polar surface area (TPSA) is 88.5 Å². The largest absolute Gasteiger partial charge is 0.382 e. The van der Waals surface area contributed by atoms with E-state index in [0.29, 0.717) is 5.82 Å². The fourth-order valence-electron chi connectivity index (χ4n) is 4.97. The minimum atomic E-state index is -0.0139. The summed E-state index contributed by atoms with van der Waals surface area (Å²) in [6, 6.07) is 14.8. The second-order valence-electron chi connectivity index (χ2n) is 11.4. The predicted molar refractivity (Wildman–Crippen MR) is 169 cm³/mol. The van der Waals surface area contributed by atoms with Crippen LogP contribution in [-0.4, -0.2) is 38.3 Å². The first kappa shape index (κ1) is 29.4. The van der Waals surface area contributed by atoms with E-state index in [2.05, 4.69) is 98.9 Å². The Morgan fingerprint density at radius 2 is 1.76 bits per heavy atom. The van der Waals surface area contributed by atoms with Crippen molar-refractivity contribution < 1.29 is 4.79 Å². The highest BCUT2D eigenvalue weighted by Crippen LogP contribution is 2.31. The van der Waals surface area contributed by atoms with Gasteiger partial charge in [-0.25, -0.2) is 9.97 Å². The average Bonchev–Trinajstić information content (AvgIpc) is 3.58. The van der Waals surface area contributed by atoms with Gasteiger partial charge in [0.15, 0.2) is 0 Å². The molecule has 7 heteroatoms. The van der Waals surface area contributed by atoms with Gasteiger partial charge in [-0.05, 0) is 74.3 Å². The smallest absolute Gasteiger partial charge is 0.298 e. The fourth-order valence-corrected chi connectivity index (χ4v) is 4.97. The van der Waals surface area contributed by atoms with Gasteiger partial charge in [0.2, 0.25) is 0 Å². The number of aryl methyl sites for hydroxylation is 2. The molecule has 0 spiro atoms.